The molecule has 0 aromatic rings. The van der Waals surface area contributed by atoms with Crippen LogP contribution in [0.2, 0.25) is 0 Å². The first-order valence-electron chi connectivity index (χ1n) is 8.22. The van der Waals surface area contributed by atoms with Crippen LogP contribution in [0.4, 0.5) is 0 Å². The largest absolute Gasteiger partial charge is 0.481 e. The number of carboxylic acids is 1. The van der Waals surface area contributed by atoms with Gasteiger partial charge < -0.3 is 5.11 Å². The van der Waals surface area contributed by atoms with Crippen LogP contribution in [0.15, 0.2) is 0 Å². The Morgan fingerprint density at radius 1 is 1.00 bits per heavy atom. The first-order chi connectivity index (χ1) is 8.98. The van der Waals surface area contributed by atoms with E-state index in [1.165, 1.54) is 38.5 Å². The van der Waals surface area contributed by atoms with Crippen molar-refractivity contribution >= 4 is 5.97 Å². The van der Waals surface area contributed by atoms with Gasteiger partial charge in [-0.15, -0.1) is 0 Å². The maximum absolute atomic E-state index is 11.8. The van der Waals surface area contributed by atoms with E-state index in [9.17, 15) is 9.90 Å². The predicted octanol–water partition coefficient (Wildman–Crippen LogP) is 4.48. The number of fused-ring (bicyclic) bond motifs is 3. The third kappa shape index (κ3) is 1.86. The minimum Gasteiger partial charge on any atom is -0.481 e. The SMILES string of the molecule is C[C@]12CCC[C@](C)(C(=O)O)C1CC[C@H]1CCCC[C@@H]12. The maximum atomic E-state index is 11.8. The summed E-state index contributed by atoms with van der Waals surface area (Å²) < 4.78 is 0. The quantitative estimate of drug-likeness (QED) is 0.758. The van der Waals surface area contributed by atoms with Gasteiger partial charge in [0.1, 0.15) is 0 Å². The third-order valence-corrected chi connectivity index (χ3v) is 7.05. The number of aliphatic carboxylic acids is 1. The van der Waals surface area contributed by atoms with Crippen molar-refractivity contribution in [1.82, 2.24) is 0 Å². The lowest BCUT2D eigenvalue weighted by molar-refractivity contribution is -0.171. The number of hydrogen-bond acceptors (Lipinski definition) is 1. The summed E-state index contributed by atoms with van der Waals surface area (Å²) in [6.07, 6.45) is 11.2. The second-order valence-electron chi connectivity index (χ2n) is 7.86. The lowest BCUT2D eigenvalue weighted by Crippen LogP contribution is -2.55. The van der Waals surface area contributed by atoms with E-state index in [1.54, 1.807) is 0 Å². The number of carboxylic acid groups (broad SMARTS) is 1. The Hall–Kier alpha value is -0.530. The highest BCUT2D eigenvalue weighted by Gasteiger charge is 2.58. The van der Waals surface area contributed by atoms with Crippen molar-refractivity contribution in [3.05, 3.63) is 0 Å². The predicted molar refractivity (Wildman–Crippen MR) is 75.9 cm³/mol. The zero-order valence-electron chi connectivity index (χ0n) is 12.5. The molecule has 1 N–H and O–H groups in total. The summed E-state index contributed by atoms with van der Waals surface area (Å²) >= 11 is 0. The van der Waals surface area contributed by atoms with Crippen LogP contribution < -0.4 is 0 Å². The Kier molecular flexibility index (Phi) is 3.18. The number of hydrogen-bond donors (Lipinski definition) is 1. The highest BCUT2D eigenvalue weighted by molar-refractivity contribution is 5.75. The molecule has 0 amide bonds. The van der Waals surface area contributed by atoms with Gasteiger partial charge in [-0.2, -0.15) is 0 Å². The van der Waals surface area contributed by atoms with E-state index < -0.39 is 11.4 Å². The van der Waals surface area contributed by atoms with Crippen LogP contribution >= 0.6 is 0 Å². The molecule has 3 aliphatic rings. The highest BCUT2D eigenvalue weighted by atomic mass is 16.4. The van der Waals surface area contributed by atoms with Gasteiger partial charge in [-0.05, 0) is 62.2 Å². The Bertz CT molecular complexity index is 377. The smallest absolute Gasteiger partial charge is 0.309 e. The highest BCUT2D eigenvalue weighted by Crippen LogP contribution is 2.63. The average Bonchev–Trinajstić information content (AvgIpc) is 2.38. The molecule has 2 heteroatoms. The van der Waals surface area contributed by atoms with Gasteiger partial charge in [-0.25, -0.2) is 0 Å². The molecule has 5 atom stereocenters. The van der Waals surface area contributed by atoms with Crippen molar-refractivity contribution in [3.8, 4) is 0 Å². The second kappa shape index (κ2) is 4.49. The Morgan fingerprint density at radius 2 is 1.74 bits per heavy atom. The molecule has 3 saturated carbocycles. The van der Waals surface area contributed by atoms with E-state index in [0.717, 1.165) is 31.1 Å². The maximum Gasteiger partial charge on any atom is 0.309 e. The van der Waals surface area contributed by atoms with Crippen LogP contribution in [-0.4, -0.2) is 11.1 Å². The van der Waals surface area contributed by atoms with Crippen LogP contribution in [0.5, 0.6) is 0 Å². The fourth-order valence-corrected chi connectivity index (χ4v) is 6.06. The average molecular weight is 264 g/mol. The van der Waals surface area contributed by atoms with E-state index in [4.69, 9.17) is 0 Å². The molecule has 2 nitrogen and oxygen atoms in total. The first kappa shape index (κ1) is 13.5. The molecule has 3 aliphatic carbocycles. The van der Waals surface area contributed by atoms with Crippen LogP contribution in [0.3, 0.4) is 0 Å². The Labute approximate surface area is 117 Å². The van der Waals surface area contributed by atoms with Gasteiger partial charge >= 0.3 is 5.97 Å². The summed E-state index contributed by atoms with van der Waals surface area (Å²) in [5.74, 6) is 1.56. The standard InChI is InChI=1S/C17H28O2/c1-16-10-5-11-17(2,15(18)19)14(16)9-8-12-6-3-4-7-13(12)16/h12-14H,3-11H2,1-2H3,(H,18,19)/t12-,13+,14?,16-,17+/m1/s1. The van der Waals surface area contributed by atoms with Gasteiger partial charge in [0.15, 0.2) is 0 Å². The summed E-state index contributed by atoms with van der Waals surface area (Å²) in [6.45, 7) is 4.46. The van der Waals surface area contributed by atoms with Gasteiger partial charge in [0.05, 0.1) is 5.41 Å². The Morgan fingerprint density at radius 3 is 2.47 bits per heavy atom. The van der Waals surface area contributed by atoms with Gasteiger partial charge in [0.2, 0.25) is 0 Å². The number of carbonyl (C=O) groups is 1. The molecule has 0 spiro atoms. The molecule has 108 valence electrons. The lowest BCUT2D eigenvalue weighted by Gasteiger charge is -2.60. The fourth-order valence-electron chi connectivity index (χ4n) is 6.06. The summed E-state index contributed by atoms with van der Waals surface area (Å²) in [4.78, 5) is 11.8. The molecule has 3 rings (SSSR count). The monoisotopic (exact) mass is 264 g/mol. The van der Waals surface area contributed by atoms with Crippen LogP contribution in [0.25, 0.3) is 0 Å². The second-order valence-corrected chi connectivity index (χ2v) is 7.86. The summed E-state index contributed by atoms with van der Waals surface area (Å²) in [5, 5.41) is 9.75. The Balaban J connectivity index is 1.94. The van der Waals surface area contributed by atoms with Crippen molar-refractivity contribution in [2.75, 3.05) is 0 Å². The topological polar surface area (TPSA) is 37.3 Å². The zero-order valence-corrected chi connectivity index (χ0v) is 12.5. The normalized spacial score (nSPS) is 50.1. The molecule has 1 unspecified atom stereocenters. The number of rotatable bonds is 1. The molecule has 19 heavy (non-hydrogen) atoms. The molecule has 0 bridgehead atoms. The molecule has 0 saturated heterocycles. The van der Waals surface area contributed by atoms with E-state index in [2.05, 4.69) is 6.92 Å². The third-order valence-electron chi connectivity index (χ3n) is 7.05. The molecule has 0 aromatic heterocycles. The minimum atomic E-state index is -0.544. The molecule has 0 heterocycles. The van der Waals surface area contributed by atoms with E-state index >= 15 is 0 Å². The molecule has 0 aliphatic heterocycles. The van der Waals surface area contributed by atoms with Crippen LogP contribution in [-0.2, 0) is 4.79 Å². The van der Waals surface area contributed by atoms with Crippen molar-refractivity contribution in [2.45, 2.75) is 71.6 Å². The van der Waals surface area contributed by atoms with E-state index in [0.29, 0.717) is 11.3 Å². The fraction of sp³-hybridized carbons (Fsp3) is 0.941. The van der Waals surface area contributed by atoms with Gasteiger partial charge in [-0.1, -0.05) is 32.6 Å². The molecular formula is C17H28O2. The van der Waals surface area contributed by atoms with Crippen molar-refractivity contribution in [1.29, 1.82) is 0 Å². The van der Waals surface area contributed by atoms with Crippen LogP contribution in [0.1, 0.15) is 71.6 Å². The van der Waals surface area contributed by atoms with E-state index in [-0.39, 0.29) is 0 Å². The van der Waals surface area contributed by atoms with Gasteiger partial charge in [-0.3, -0.25) is 4.79 Å². The van der Waals surface area contributed by atoms with Gasteiger partial charge in [0.25, 0.3) is 0 Å². The first-order valence-corrected chi connectivity index (χ1v) is 8.22. The summed E-state index contributed by atoms with van der Waals surface area (Å²) in [7, 11) is 0. The molecule has 0 aromatic carbocycles. The molecular weight excluding hydrogens is 236 g/mol. The van der Waals surface area contributed by atoms with Crippen molar-refractivity contribution in [2.24, 2.45) is 28.6 Å². The van der Waals surface area contributed by atoms with E-state index in [1.807, 2.05) is 6.92 Å². The van der Waals surface area contributed by atoms with Gasteiger partial charge in [0, 0.05) is 0 Å². The lowest BCUT2D eigenvalue weighted by atomic mass is 9.44. The summed E-state index contributed by atoms with van der Waals surface area (Å²) in [6, 6.07) is 0. The molecule has 0 radical (unpaired) electrons. The summed E-state index contributed by atoms with van der Waals surface area (Å²) in [5.41, 5.74) is -0.163. The minimum absolute atomic E-state index is 0.300. The van der Waals surface area contributed by atoms with Crippen molar-refractivity contribution in [3.63, 3.8) is 0 Å². The van der Waals surface area contributed by atoms with Crippen molar-refractivity contribution < 1.29 is 9.90 Å². The zero-order chi connectivity index (χ0) is 13.7. The van der Waals surface area contributed by atoms with Crippen LogP contribution in [0, 0.1) is 28.6 Å². The molecule has 3 fully saturated rings.